The van der Waals surface area contributed by atoms with Crippen LogP contribution in [0.4, 0.5) is 0 Å². The Labute approximate surface area is 485 Å². The Morgan fingerprint density at radius 3 is 2.05 bits per heavy atom. The molecule has 3 heterocycles. The molecule has 13 atom stereocenters. The number of ketones is 1. The first kappa shape index (κ1) is 68.3. The Hall–Kier alpha value is -6.16. The van der Waals surface area contributed by atoms with Gasteiger partial charge in [-0.15, -0.1) is 0 Å². The molecule has 22 nitrogen and oxygen atoms in total. The minimum Gasteiger partial charge on any atom is -0.497 e. The molecule has 0 bridgehead atoms. The van der Waals surface area contributed by atoms with E-state index in [9.17, 15) is 38.7 Å². The average Bonchev–Trinajstić information content (AvgIpc) is 4.18. The third-order valence-corrected chi connectivity index (χ3v) is 15.9. The van der Waals surface area contributed by atoms with Gasteiger partial charge in [0.05, 0.1) is 37.7 Å². The molecular weight excluding hydrogens is 1060 g/mol. The fourth-order valence-electron chi connectivity index (χ4n) is 11.0. The number of Topliss-reactive ketones (excluding diaryl/α,β-unsaturated/α-hetero) is 1. The lowest BCUT2D eigenvalue weighted by molar-refractivity contribution is -0.163. The summed E-state index contributed by atoms with van der Waals surface area (Å²) >= 11 is 0. The Kier molecular flexibility index (Phi) is 25.8. The van der Waals surface area contributed by atoms with Crippen molar-refractivity contribution in [3.8, 4) is 5.75 Å². The van der Waals surface area contributed by atoms with Crippen LogP contribution in [0.5, 0.6) is 5.75 Å². The van der Waals surface area contributed by atoms with Gasteiger partial charge in [-0.05, 0) is 115 Å². The van der Waals surface area contributed by atoms with Crippen molar-refractivity contribution >= 4 is 59.1 Å². The summed E-state index contributed by atoms with van der Waals surface area (Å²) in [5, 5.41) is 20.2. The number of methoxy groups -OCH3 is 1. The van der Waals surface area contributed by atoms with E-state index in [0.29, 0.717) is 43.5 Å². The normalized spacial score (nSPS) is 27.2. The zero-order valence-electron chi connectivity index (χ0n) is 51.4. The number of esters is 2. The number of aliphatic hydroxyl groups is 1. The highest BCUT2D eigenvalue weighted by Crippen LogP contribution is 2.28. The Morgan fingerprint density at radius 1 is 0.841 bits per heavy atom. The number of hydrogen-bond donors (Lipinski definition) is 4. The van der Waals surface area contributed by atoms with Crippen LogP contribution in [0, 0.1) is 29.6 Å². The number of carbonyl (C=O) groups is 10. The number of carbonyl (C=O) groups excluding carboxylic acids is 10. The van der Waals surface area contributed by atoms with Gasteiger partial charge in [0.1, 0.15) is 54.2 Å². The van der Waals surface area contributed by atoms with Gasteiger partial charge in [0.2, 0.25) is 35.4 Å². The number of rotatable bonds is 17. The fourth-order valence-corrected chi connectivity index (χ4v) is 11.0. The molecule has 3 saturated heterocycles. The molecule has 460 valence electrons. The van der Waals surface area contributed by atoms with Gasteiger partial charge in [0.25, 0.3) is 5.91 Å². The topological polar surface area (TPSA) is 277 Å². The molecule has 22 heteroatoms. The van der Waals surface area contributed by atoms with Crippen LogP contribution in [-0.2, 0) is 68.6 Å². The second-order valence-corrected chi connectivity index (χ2v) is 24.1. The maximum atomic E-state index is 15.1. The molecule has 0 aliphatic carbocycles. The van der Waals surface area contributed by atoms with Crippen LogP contribution in [0.2, 0.25) is 0 Å². The number of ether oxygens (including phenoxy) is 4. The van der Waals surface area contributed by atoms with Crippen molar-refractivity contribution in [3.05, 3.63) is 29.8 Å². The number of benzene rings is 1. The van der Waals surface area contributed by atoms with E-state index in [1.807, 2.05) is 27.7 Å². The summed E-state index contributed by atoms with van der Waals surface area (Å²) < 4.78 is 23.1. The van der Waals surface area contributed by atoms with E-state index in [4.69, 9.17) is 18.9 Å². The molecule has 0 spiro atoms. The van der Waals surface area contributed by atoms with Crippen LogP contribution in [0.15, 0.2) is 24.3 Å². The summed E-state index contributed by atoms with van der Waals surface area (Å²) in [5.74, 6) is -9.80. The zero-order chi connectivity index (χ0) is 61.6. The van der Waals surface area contributed by atoms with Crippen LogP contribution in [-0.4, -0.2) is 191 Å². The third-order valence-electron chi connectivity index (χ3n) is 15.9. The first-order valence-electron chi connectivity index (χ1n) is 29.4. The number of likely N-dealkylation sites (N-methyl/N-ethyl adjacent to an activating group) is 2. The van der Waals surface area contributed by atoms with Crippen molar-refractivity contribution in [1.82, 2.24) is 35.6 Å². The number of amides is 7. The molecule has 3 aliphatic rings. The van der Waals surface area contributed by atoms with Crippen molar-refractivity contribution in [2.24, 2.45) is 29.6 Å². The smallest absolute Gasteiger partial charge is 0.329 e. The molecule has 0 unspecified atom stereocenters. The first-order valence-corrected chi connectivity index (χ1v) is 29.4. The van der Waals surface area contributed by atoms with Gasteiger partial charge in [-0.2, -0.15) is 0 Å². The van der Waals surface area contributed by atoms with E-state index in [2.05, 4.69) is 16.0 Å². The summed E-state index contributed by atoms with van der Waals surface area (Å²) in [7, 11) is 4.36. The van der Waals surface area contributed by atoms with Crippen molar-refractivity contribution < 1.29 is 72.0 Å². The number of aliphatic hydroxyl groups excluding tert-OH is 1. The van der Waals surface area contributed by atoms with Crippen LogP contribution < -0.4 is 20.7 Å². The van der Waals surface area contributed by atoms with Gasteiger partial charge in [-0.25, -0.2) is 4.79 Å². The van der Waals surface area contributed by atoms with Gasteiger partial charge in [-0.3, -0.25) is 43.2 Å². The molecule has 0 saturated carbocycles. The minimum atomic E-state index is -1.75. The number of fused-ring (bicyclic) bond motifs is 1. The molecule has 0 aromatic heterocycles. The summed E-state index contributed by atoms with van der Waals surface area (Å²) in [5.41, 5.74) is 0.579. The van der Waals surface area contributed by atoms with Gasteiger partial charge < -0.3 is 59.6 Å². The average molecular weight is 1150 g/mol. The molecule has 3 aliphatic heterocycles. The number of hydrogen-bond acceptors (Lipinski definition) is 15. The number of likely N-dealkylation sites (tertiary alicyclic amines) is 1. The van der Waals surface area contributed by atoms with E-state index in [1.54, 1.807) is 72.7 Å². The van der Waals surface area contributed by atoms with Gasteiger partial charge in [0.15, 0.2) is 11.9 Å². The summed E-state index contributed by atoms with van der Waals surface area (Å²) in [6.45, 7) is 22.5. The van der Waals surface area contributed by atoms with Crippen LogP contribution in [0.25, 0.3) is 0 Å². The van der Waals surface area contributed by atoms with Gasteiger partial charge in [-0.1, -0.05) is 73.9 Å². The SMILES string of the molecule is CC[C@H](C)[C@@H]1NC(=O)[C@@H](NC(=O)[C@@H](CC(C)C)N(C)C(=O)[C@@H]2CCCN2C(=O)[C@H](C)OC(C)C)[C@@H](C)OC(=O)[C@H](Cc2ccc(OC)cc2)N(C)C(=O)[C@@H]2CCCN2C(=O)[C@H](CC(C)C)NC(=O)[C@@H](C)C(=O)[C@H](C(C)C)OC(=O)C[C@@H]1O. The molecule has 7 amide bonds. The molecule has 1 aromatic carbocycles. The van der Waals surface area contributed by atoms with Gasteiger partial charge >= 0.3 is 11.9 Å². The van der Waals surface area contributed by atoms with Crippen LogP contribution in [0.1, 0.15) is 147 Å². The van der Waals surface area contributed by atoms with Gasteiger partial charge in [0, 0.05) is 33.6 Å². The van der Waals surface area contributed by atoms with Crippen molar-refractivity contribution in [2.75, 3.05) is 34.3 Å². The summed E-state index contributed by atoms with van der Waals surface area (Å²) in [6, 6.07) is -2.02. The minimum absolute atomic E-state index is 0.0963. The number of cyclic esters (lactones) is 2. The third kappa shape index (κ3) is 17.9. The largest absolute Gasteiger partial charge is 0.497 e. The maximum Gasteiger partial charge on any atom is 0.329 e. The maximum absolute atomic E-state index is 15.1. The molecule has 3 fully saturated rings. The Morgan fingerprint density at radius 2 is 1.48 bits per heavy atom. The van der Waals surface area contributed by atoms with Crippen molar-refractivity contribution in [2.45, 2.75) is 221 Å². The molecule has 4 N–H and O–H groups in total. The first-order chi connectivity index (χ1) is 38.4. The predicted octanol–water partition coefficient (Wildman–Crippen LogP) is 3.75. The number of nitrogens with one attached hydrogen (secondary N) is 3. The van der Waals surface area contributed by atoms with E-state index in [0.717, 1.165) is 0 Å². The van der Waals surface area contributed by atoms with E-state index in [1.165, 1.54) is 54.7 Å². The lowest BCUT2D eigenvalue weighted by Crippen LogP contribution is -2.62. The second-order valence-electron chi connectivity index (χ2n) is 24.1. The highest BCUT2D eigenvalue weighted by atomic mass is 16.6. The fraction of sp³-hybridized carbons (Fsp3) is 0.733. The predicted molar refractivity (Wildman–Crippen MR) is 304 cm³/mol. The van der Waals surface area contributed by atoms with E-state index < -0.39 is 144 Å². The zero-order valence-corrected chi connectivity index (χ0v) is 51.4. The summed E-state index contributed by atoms with van der Waals surface area (Å²) in [6.07, 6.45) is -4.51. The lowest BCUT2D eigenvalue weighted by Gasteiger charge is -2.36. The van der Waals surface area contributed by atoms with Crippen LogP contribution in [0.3, 0.4) is 0 Å². The molecular formula is C60H95N7O15. The van der Waals surface area contributed by atoms with Crippen LogP contribution >= 0.6 is 0 Å². The standard InChI is InChI=1S/C60H95N7O15/c1-17-36(10)49-47(68)31-48(69)82-52(34(6)7)51(70)37(11)53(71)61-42(28-32(2)3)57(75)67-27-19-21-44(67)59(77)65(15)46(30-40-22-24-41(79-16)25-23-40)60(78)81-38(12)50(55(73)62-49)63-54(72)45(29-33(4)5)64(14)58(76)43-20-18-26-66(43)56(74)39(13)80-35(8)9/h22-25,32-39,42-47,49-50,52,68H,17-21,26-31H2,1-16H3,(H,61,71)(H,62,73)(H,63,72)/t36-,37-,38+,39-,42-,43-,44-,45+,46-,47-,49-,50-,52-/m0/s1. The summed E-state index contributed by atoms with van der Waals surface area (Å²) in [4.78, 5) is 150. The van der Waals surface area contributed by atoms with Crippen molar-refractivity contribution in [3.63, 3.8) is 0 Å². The van der Waals surface area contributed by atoms with E-state index >= 15 is 14.4 Å². The number of nitrogens with zero attached hydrogens (tertiary/aromatic N) is 4. The molecule has 0 radical (unpaired) electrons. The highest BCUT2D eigenvalue weighted by Gasteiger charge is 2.46. The Bertz CT molecular complexity index is 2400. The van der Waals surface area contributed by atoms with Crippen molar-refractivity contribution in [1.29, 1.82) is 0 Å². The molecule has 4 rings (SSSR count). The monoisotopic (exact) mass is 1150 g/mol. The Balaban J connectivity index is 1.88. The lowest BCUT2D eigenvalue weighted by atomic mass is 9.91. The molecule has 1 aromatic rings. The quantitative estimate of drug-likeness (QED) is 0.128. The second kappa shape index (κ2) is 30.9. The highest BCUT2D eigenvalue weighted by molar-refractivity contribution is 6.05. The molecule has 82 heavy (non-hydrogen) atoms. The van der Waals surface area contributed by atoms with E-state index in [-0.39, 0.29) is 56.1 Å².